The summed E-state index contributed by atoms with van der Waals surface area (Å²) in [6, 6.07) is 10.4. The van der Waals surface area contributed by atoms with Gasteiger partial charge in [-0.2, -0.15) is 0 Å². The van der Waals surface area contributed by atoms with E-state index in [9.17, 15) is 8.42 Å². The first-order chi connectivity index (χ1) is 12.0. The van der Waals surface area contributed by atoms with Crippen LogP contribution in [0.3, 0.4) is 0 Å². The highest BCUT2D eigenvalue weighted by Gasteiger charge is 2.31. The lowest BCUT2D eigenvalue weighted by Gasteiger charge is -2.39. The van der Waals surface area contributed by atoms with Crippen LogP contribution in [0.25, 0.3) is 6.08 Å². The quantitative estimate of drug-likeness (QED) is 0.808. The van der Waals surface area contributed by atoms with Gasteiger partial charge in [0.05, 0.1) is 6.26 Å². The molecule has 2 saturated heterocycles. The minimum atomic E-state index is -3.00. The highest BCUT2D eigenvalue weighted by molar-refractivity contribution is 7.88. The van der Waals surface area contributed by atoms with Gasteiger partial charge < -0.3 is 0 Å². The maximum absolute atomic E-state index is 11.6. The van der Waals surface area contributed by atoms with Gasteiger partial charge in [0.15, 0.2) is 0 Å². The Balaban J connectivity index is 1.40. The van der Waals surface area contributed by atoms with Gasteiger partial charge in [-0.3, -0.25) is 4.90 Å². The van der Waals surface area contributed by atoms with Crippen LogP contribution < -0.4 is 0 Å². The van der Waals surface area contributed by atoms with E-state index in [-0.39, 0.29) is 0 Å². The summed E-state index contributed by atoms with van der Waals surface area (Å²) in [5.74, 6) is 1.48. The number of sulfonamides is 1. The van der Waals surface area contributed by atoms with Crippen molar-refractivity contribution in [3.05, 3.63) is 42.0 Å². The van der Waals surface area contributed by atoms with Gasteiger partial charge >= 0.3 is 0 Å². The molecule has 0 aromatic heterocycles. The Morgan fingerprint density at radius 2 is 1.52 bits per heavy atom. The first-order valence-corrected chi connectivity index (χ1v) is 11.3. The maximum atomic E-state index is 11.6. The Bertz CT molecular complexity index is 656. The van der Waals surface area contributed by atoms with Crippen LogP contribution in [0.1, 0.15) is 31.2 Å². The summed E-state index contributed by atoms with van der Waals surface area (Å²) >= 11 is 0. The Labute approximate surface area is 152 Å². The third-order valence-corrected chi connectivity index (χ3v) is 7.04. The third-order valence-electron chi connectivity index (χ3n) is 5.74. The van der Waals surface area contributed by atoms with Crippen LogP contribution >= 0.6 is 0 Å². The average molecular weight is 363 g/mol. The van der Waals surface area contributed by atoms with Gasteiger partial charge in [-0.05, 0) is 56.2 Å². The number of hydrogen-bond acceptors (Lipinski definition) is 3. The van der Waals surface area contributed by atoms with Gasteiger partial charge in [-0.1, -0.05) is 42.5 Å². The van der Waals surface area contributed by atoms with Crippen molar-refractivity contribution in [2.75, 3.05) is 39.0 Å². The molecule has 2 heterocycles. The van der Waals surface area contributed by atoms with Crippen molar-refractivity contribution >= 4 is 16.1 Å². The highest BCUT2D eigenvalue weighted by atomic mass is 32.2. The number of nitrogens with zero attached hydrogens (tertiary/aromatic N) is 2. The van der Waals surface area contributed by atoms with Crippen molar-refractivity contribution in [2.45, 2.75) is 25.7 Å². The van der Waals surface area contributed by atoms with Gasteiger partial charge in [0, 0.05) is 19.6 Å². The van der Waals surface area contributed by atoms with Crippen LogP contribution in [0, 0.1) is 11.8 Å². The van der Waals surface area contributed by atoms with E-state index in [1.807, 2.05) is 6.07 Å². The predicted octanol–water partition coefficient (Wildman–Crippen LogP) is 3.08. The molecule has 25 heavy (non-hydrogen) atoms. The van der Waals surface area contributed by atoms with Gasteiger partial charge in [0.1, 0.15) is 0 Å². The van der Waals surface area contributed by atoms with Crippen LogP contribution in [-0.2, 0) is 10.0 Å². The zero-order valence-corrected chi connectivity index (χ0v) is 16.0. The summed E-state index contributed by atoms with van der Waals surface area (Å²) < 4.78 is 24.9. The molecule has 1 aromatic carbocycles. The molecule has 0 saturated carbocycles. The van der Waals surface area contributed by atoms with Crippen molar-refractivity contribution < 1.29 is 8.42 Å². The van der Waals surface area contributed by atoms with E-state index < -0.39 is 10.0 Å². The molecule has 0 N–H and O–H groups in total. The lowest BCUT2D eigenvalue weighted by Crippen LogP contribution is -2.42. The largest absolute Gasteiger partial charge is 0.300 e. The van der Waals surface area contributed by atoms with Crippen LogP contribution in [0.2, 0.25) is 0 Å². The van der Waals surface area contributed by atoms with E-state index >= 15 is 0 Å². The lowest BCUT2D eigenvalue weighted by molar-refractivity contribution is 0.125. The molecule has 3 rings (SSSR count). The smallest absolute Gasteiger partial charge is 0.211 e. The second-order valence-corrected chi connectivity index (χ2v) is 9.43. The topological polar surface area (TPSA) is 40.6 Å². The summed E-state index contributed by atoms with van der Waals surface area (Å²) in [6.45, 7) is 4.77. The fraction of sp³-hybridized carbons (Fsp3) is 0.600. The Morgan fingerprint density at radius 1 is 0.960 bits per heavy atom. The number of piperidine rings is 2. The summed E-state index contributed by atoms with van der Waals surface area (Å²) in [4.78, 5) is 2.53. The second kappa shape index (κ2) is 8.47. The Kier molecular flexibility index (Phi) is 6.31. The van der Waals surface area contributed by atoms with Crippen molar-refractivity contribution in [3.63, 3.8) is 0 Å². The van der Waals surface area contributed by atoms with Crippen molar-refractivity contribution in [1.29, 1.82) is 0 Å². The molecule has 4 nitrogen and oxygen atoms in total. The van der Waals surface area contributed by atoms with Crippen LogP contribution in [0.15, 0.2) is 36.4 Å². The predicted molar refractivity (Wildman–Crippen MR) is 104 cm³/mol. The van der Waals surface area contributed by atoms with Crippen LogP contribution in [-0.4, -0.2) is 56.6 Å². The number of likely N-dealkylation sites (tertiary alicyclic amines) is 1. The second-order valence-electron chi connectivity index (χ2n) is 7.45. The zero-order chi connectivity index (χ0) is 17.7. The van der Waals surface area contributed by atoms with Gasteiger partial charge in [0.25, 0.3) is 0 Å². The van der Waals surface area contributed by atoms with E-state index in [4.69, 9.17) is 0 Å². The molecule has 1 aromatic rings. The standard InChI is InChI=1S/C20H30N2O2S/c1-25(23,24)22-16-11-20(12-17-22)19-9-14-21(15-10-19)13-5-8-18-6-3-2-4-7-18/h2-8,19-20H,9-17H2,1H3. The highest BCUT2D eigenvalue weighted by Crippen LogP contribution is 2.32. The zero-order valence-electron chi connectivity index (χ0n) is 15.2. The fourth-order valence-corrected chi connectivity index (χ4v) is 5.06. The third kappa shape index (κ3) is 5.40. The summed E-state index contributed by atoms with van der Waals surface area (Å²) in [7, 11) is -3.00. The van der Waals surface area contributed by atoms with E-state index in [1.54, 1.807) is 4.31 Å². The fourth-order valence-electron chi connectivity index (χ4n) is 4.19. The molecule has 5 heteroatoms. The van der Waals surface area contributed by atoms with Crippen molar-refractivity contribution in [3.8, 4) is 0 Å². The SMILES string of the molecule is CS(=O)(=O)N1CCC(C2CCN(CC=Cc3ccccc3)CC2)CC1. The van der Waals surface area contributed by atoms with Gasteiger partial charge in [0.2, 0.25) is 10.0 Å². The van der Waals surface area contributed by atoms with Gasteiger partial charge in [-0.25, -0.2) is 12.7 Å². The molecule has 0 aliphatic carbocycles. The molecule has 2 aliphatic heterocycles. The van der Waals surface area contributed by atoms with Crippen LogP contribution in [0.5, 0.6) is 0 Å². The lowest BCUT2D eigenvalue weighted by atomic mass is 9.79. The first kappa shape index (κ1) is 18.6. The summed E-state index contributed by atoms with van der Waals surface area (Å²) in [6.07, 6.45) is 10.4. The van der Waals surface area contributed by atoms with E-state index in [0.29, 0.717) is 19.0 Å². The van der Waals surface area contributed by atoms with Gasteiger partial charge in [-0.15, -0.1) is 0 Å². The van der Waals surface area contributed by atoms with Crippen LogP contribution in [0.4, 0.5) is 0 Å². The van der Waals surface area contributed by atoms with E-state index in [2.05, 4.69) is 41.3 Å². The number of benzene rings is 1. The van der Waals surface area contributed by atoms with Crippen molar-refractivity contribution in [2.24, 2.45) is 11.8 Å². The minimum Gasteiger partial charge on any atom is -0.300 e. The Morgan fingerprint density at radius 3 is 2.08 bits per heavy atom. The first-order valence-electron chi connectivity index (χ1n) is 9.41. The molecule has 138 valence electrons. The average Bonchev–Trinajstić information content (AvgIpc) is 2.63. The molecule has 0 unspecified atom stereocenters. The summed E-state index contributed by atoms with van der Waals surface area (Å²) in [5.41, 5.74) is 1.26. The minimum absolute atomic E-state index is 0.708. The molecular formula is C20H30N2O2S. The molecule has 0 amide bonds. The molecule has 0 spiro atoms. The molecule has 2 fully saturated rings. The number of hydrogen-bond donors (Lipinski definition) is 0. The number of rotatable bonds is 5. The normalized spacial score (nSPS) is 22.6. The molecule has 0 radical (unpaired) electrons. The molecule has 2 aliphatic rings. The monoisotopic (exact) mass is 362 g/mol. The molecule has 0 bridgehead atoms. The molecular weight excluding hydrogens is 332 g/mol. The van der Waals surface area contributed by atoms with E-state index in [0.717, 1.165) is 38.4 Å². The maximum Gasteiger partial charge on any atom is 0.211 e. The van der Waals surface area contributed by atoms with E-state index in [1.165, 1.54) is 24.7 Å². The summed E-state index contributed by atoms with van der Waals surface area (Å²) in [5, 5.41) is 0. The molecule has 0 atom stereocenters. The Hall–Kier alpha value is -1.17. The van der Waals surface area contributed by atoms with Crippen molar-refractivity contribution in [1.82, 2.24) is 9.21 Å².